The molecule has 2 N–H and O–H groups in total. The number of carbonyl (C=O) groups is 1. The van der Waals surface area contributed by atoms with Crippen LogP contribution in [0.1, 0.15) is 59.3 Å². The van der Waals surface area contributed by atoms with Crippen molar-refractivity contribution in [3.8, 4) is 0 Å². The summed E-state index contributed by atoms with van der Waals surface area (Å²) in [6, 6.07) is 0.317. The normalized spacial score (nSPS) is 25.3. The molecule has 0 aromatic rings. The molecule has 1 aliphatic heterocycles. The maximum absolute atomic E-state index is 12.1. The highest BCUT2D eigenvalue weighted by molar-refractivity contribution is 5.68. The number of amides is 1. The van der Waals surface area contributed by atoms with Crippen LogP contribution in [0.3, 0.4) is 0 Å². The van der Waals surface area contributed by atoms with Crippen LogP contribution in [0.25, 0.3) is 0 Å². The highest BCUT2D eigenvalue weighted by Crippen LogP contribution is 2.35. The van der Waals surface area contributed by atoms with Gasteiger partial charge in [-0.15, -0.1) is 0 Å². The van der Waals surface area contributed by atoms with Gasteiger partial charge in [0.1, 0.15) is 5.60 Å². The zero-order chi connectivity index (χ0) is 16.2. The zero-order valence-corrected chi connectivity index (χ0v) is 14.4. The van der Waals surface area contributed by atoms with Crippen LogP contribution in [0, 0.1) is 5.41 Å². The second-order valence-corrected chi connectivity index (χ2v) is 8.01. The summed E-state index contributed by atoms with van der Waals surface area (Å²) < 4.78 is 5.42. The van der Waals surface area contributed by atoms with E-state index in [2.05, 4.69) is 5.32 Å². The predicted molar refractivity (Wildman–Crippen MR) is 86.8 cm³/mol. The molecule has 1 saturated heterocycles. The quantitative estimate of drug-likeness (QED) is 0.837. The number of hydrogen-bond donors (Lipinski definition) is 2. The molecule has 0 radical (unpaired) electrons. The Labute approximate surface area is 134 Å². The summed E-state index contributed by atoms with van der Waals surface area (Å²) in [6.45, 7) is 8.26. The molecule has 1 heterocycles. The number of carbonyl (C=O) groups excluding carboxylic acids is 1. The summed E-state index contributed by atoms with van der Waals surface area (Å²) in [6.07, 6.45) is 6.69. The molecule has 2 fully saturated rings. The first-order valence-corrected chi connectivity index (χ1v) is 8.66. The lowest BCUT2D eigenvalue weighted by molar-refractivity contribution is 0.0288. The first-order valence-electron chi connectivity index (χ1n) is 8.66. The van der Waals surface area contributed by atoms with Crippen LogP contribution in [0.4, 0.5) is 4.79 Å². The van der Waals surface area contributed by atoms with Crippen molar-refractivity contribution in [2.45, 2.75) is 70.9 Å². The Morgan fingerprint density at radius 2 is 2.00 bits per heavy atom. The van der Waals surface area contributed by atoms with Crippen LogP contribution in [0.15, 0.2) is 0 Å². The summed E-state index contributed by atoms with van der Waals surface area (Å²) >= 11 is 0. The molecular formula is C17H32N2O3. The molecule has 0 aromatic carbocycles. The molecule has 1 saturated carbocycles. The van der Waals surface area contributed by atoms with Gasteiger partial charge in [0.05, 0.1) is 0 Å². The fourth-order valence-electron chi connectivity index (χ4n) is 3.47. The van der Waals surface area contributed by atoms with Crippen molar-refractivity contribution >= 4 is 6.09 Å². The van der Waals surface area contributed by atoms with Crippen molar-refractivity contribution in [3.05, 3.63) is 0 Å². The number of nitrogens with one attached hydrogen (secondary N) is 1. The van der Waals surface area contributed by atoms with Gasteiger partial charge in [-0.3, -0.25) is 0 Å². The standard InChI is InChI=1S/C17H32N2O3/c1-16(2,3)22-15(21)19-10-7-14(11-19)18-12-17(13-20)8-5-4-6-9-17/h14,18,20H,4-13H2,1-3H3. The second-order valence-electron chi connectivity index (χ2n) is 8.01. The fraction of sp³-hybridized carbons (Fsp3) is 0.941. The summed E-state index contributed by atoms with van der Waals surface area (Å²) in [5.74, 6) is 0. The first-order chi connectivity index (χ1) is 10.3. The number of ether oxygens (including phenoxy) is 1. The van der Waals surface area contributed by atoms with Gasteiger partial charge in [0, 0.05) is 37.7 Å². The van der Waals surface area contributed by atoms with Gasteiger partial charge in [0.25, 0.3) is 0 Å². The molecule has 1 unspecified atom stereocenters. The monoisotopic (exact) mass is 312 g/mol. The third kappa shape index (κ3) is 4.85. The fourth-order valence-corrected chi connectivity index (χ4v) is 3.47. The Bertz CT molecular complexity index is 373. The number of nitrogens with zero attached hydrogens (tertiary/aromatic N) is 1. The van der Waals surface area contributed by atoms with Crippen molar-refractivity contribution in [2.24, 2.45) is 5.41 Å². The molecule has 0 bridgehead atoms. The van der Waals surface area contributed by atoms with E-state index in [1.807, 2.05) is 20.8 Å². The highest BCUT2D eigenvalue weighted by Gasteiger charge is 2.34. The Morgan fingerprint density at radius 3 is 2.59 bits per heavy atom. The minimum Gasteiger partial charge on any atom is -0.444 e. The van der Waals surface area contributed by atoms with Gasteiger partial charge < -0.3 is 20.1 Å². The average molecular weight is 312 g/mol. The molecule has 5 nitrogen and oxygen atoms in total. The van der Waals surface area contributed by atoms with Crippen LogP contribution in [-0.4, -0.2) is 54.0 Å². The minimum absolute atomic E-state index is 0.0532. The number of rotatable bonds is 4. The summed E-state index contributed by atoms with van der Waals surface area (Å²) in [5.41, 5.74) is -0.386. The molecule has 1 amide bonds. The first kappa shape index (κ1) is 17.5. The van der Waals surface area contributed by atoms with E-state index in [1.54, 1.807) is 4.90 Å². The molecule has 1 aliphatic carbocycles. The highest BCUT2D eigenvalue weighted by atomic mass is 16.6. The molecular weight excluding hydrogens is 280 g/mol. The predicted octanol–water partition coefficient (Wildman–Crippen LogP) is 2.53. The Balaban J connectivity index is 1.77. The lowest BCUT2D eigenvalue weighted by atomic mass is 9.74. The molecule has 2 rings (SSSR count). The smallest absolute Gasteiger partial charge is 0.410 e. The Kier molecular flexibility index (Phi) is 5.72. The van der Waals surface area contributed by atoms with Crippen LogP contribution in [0.2, 0.25) is 0 Å². The van der Waals surface area contributed by atoms with Crippen molar-refractivity contribution in [3.63, 3.8) is 0 Å². The van der Waals surface area contributed by atoms with Crippen molar-refractivity contribution in [2.75, 3.05) is 26.2 Å². The Hall–Kier alpha value is -0.810. The van der Waals surface area contributed by atoms with Gasteiger partial charge in [-0.2, -0.15) is 0 Å². The van der Waals surface area contributed by atoms with Gasteiger partial charge in [-0.1, -0.05) is 19.3 Å². The molecule has 22 heavy (non-hydrogen) atoms. The van der Waals surface area contributed by atoms with Crippen molar-refractivity contribution < 1.29 is 14.6 Å². The van der Waals surface area contributed by atoms with E-state index in [0.29, 0.717) is 12.6 Å². The number of aliphatic hydroxyl groups is 1. The second kappa shape index (κ2) is 7.18. The van der Waals surface area contributed by atoms with E-state index in [9.17, 15) is 9.90 Å². The minimum atomic E-state index is -0.439. The van der Waals surface area contributed by atoms with E-state index in [-0.39, 0.29) is 18.1 Å². The van der Waals surface area contributed by atoms with E-state index in [4.69, 9.17) is 4.74 Å². The van der Waals surface area contributed by atoms with Gasteiger partial charge in [-0.25, -0.2) is 4.79 Å². The van der Waals surface area contributed by atoms with Gasteiger partial charge in [0.2, 0.25) is 0 Å². The molecule has 1 atom stereocenters. The largest absolute Gasteiger partial charge is 0.444 e. The molecule has 128 valence electrons. The average Bonchev–Trinajstić information content (AvgIpc) is 2.93. The SMILES string of the molecule is CC(C)(C)OC(=O)N1CCC(NCC2(CO)CCCCC2)C1. The van der Waals surface area contributed by atoms with E-state index < -0.39 is 5.60 Å². The maximum Gasteiger partial charge on any atom is 0.410 e. The van der Waals surface area contributed by atoms with E-state index in [0.717, 1.165) is 32.4 Å². The van der Waals surface area contributed by atoms with Crippen LogP contribution in [0.5, 0.6) is 0 Å². The van der Waals surface area contributed by atoms with E-state index in [1.165, 1.54) is 19.3 Å². The number of likely N-dealkylation sites (tertiary alicyclic amines) is 1. The number of aliphatic hydroxyl groups excluding tert-OH is 1. The van der Waals surface area contributed by atoms with Crippen molar-refractivity contribution in [1.29, 1.82) is 0 Å². The molecule has 5 heteroatoms. The molecule has 2 aliphatic rings. The van der Waals surface area contributed by atoms with Crippen LogP contribution in [-0.2, 0) is 4.74 Å². The third-order valence-electron chi connectivity index (χ3n) is 4.86. The van der Waals surface area contributed by atoms with Crippen LogP contribution >= 0.6 is 0 Å². The van der Waals surface area contributed by atoms with Crippen LogP contribution < -0.4 is 5.32 Å². The van der Waals surface area contributed by atoms with Gasteiger partial charge in [0.15, 0.2) is 0 Å². The number of hydrogen-bond acceptors (Lipinski definition) is 4. The van der Waals surface area contributed by atoms with Crippen molar-refractivity contribution in [1.82, 2.24) is 10.2 Å². The van der Waals surface area contributed by atoms with Gasteiger partial charge >= 0.3 is 6.09 Å². The molecule has 0 spiro atoms. The lowest BCUT2D eigenvalue weighted by Gasteiger charge is -2.36. The topological polar surface area (TPSA) is 61.8 Å². The van der Waals surface area contributed by atoms with E-state index >= 15 is 0 Å². The van der Waals surface area contributed by atoms with Gasteiger partial charge in [-0.05, 0) is 40.0 Å². The molecule has 0 aromatic heterocycles. The summed E-state index contributed by atoms with van der Waals surface area (Å²) in [7, 11) is 0. The third-order valence-corrected chi connectivity index (χ3v) is 4.86. The lowest BCUT2D eigenvalue weighted by Crippen LogP contribution is -2.44. The summed E-state index contributed by atoms with van der Waals surface area (Å²) in [4.78, 5) is 13.9. The summed E-state index contributed by atoms with van der Waals surface area (Å²) in [5, 5.41) is 13.3. The zero-order valence-electron chi connectivity index (χ0n) is 14.4. The maximum atomic E-state index is 12.1. The Morgan fingerprint density at radius 1 is 1.32 bits per heavy atom.